The van der Waals surface area contributed by atoms with Crippen molar-refractivity contribution in [3.05, 3.63) is 63.9 Å². The highest BCUT2D eigenvalue weighted by molar-refractivity contribution is 6.31. The zero-order valence-corrected chi connectivity index (χ0v) is 17.9. The molecule has 1 fully saturated rings. The topological polar surface area (TPSA) is 9.23 Å². The van der Waals surface area contributed by atoms with Crippen molar-refractivity contribution in [1.82, 2.24) is 0 Å². The summed E-state index contributed by atoms with van der Waals surface area (Å²) in [5.41, 5.74) is 3.58. The summed E-state index contributed by atoms with van der Waals surface area (Å²) >= 11 is 6.21. The summed E-state index contributed by atoms with van der Waals surface area (Å²) in [5.74, 6) is 1.45. The van der Waals surface area contributed by atoms with Crippen LogP contribution in [0.4, 0.5) is 4.39 Å². The second kappa shape index (κ2) is 10.3. The Bertz CT molecular complexity index is 748. The van der Waals surface area contributed by atoms with Gasteiger partial charge in [0.25, 0.3) is 0 Å². The van der Waals surface area contributed by atoms with Gasteiger partial charge >= 0.3 is 0 Å². The molecule has 0 unspecified atom stereocenters. The average Bonchev–Trinajstić information content (AvgIpc) is 2.72. The molecule has 2 aromatic carbocycles. The molecule has 152 valence electrons. The number of halogens is 2. The summed E-state index contributed by atoms with van der Waals surface area (Å²) in [5, 5.41) is 0.186. The van der Waals surface area contributed by atoms with Crippen molar-refractivity contribution >= 4 is 11.6 Å². The molecule has 3 heteroatoms. The van der Waals surface area contributed by atoms with Gasteiger partial charge in [-0.15, -0.1) is 0 Å². The highest BCUT2D eigenvalue weighted by atomic mass is 35.5. The van der Waals surface area contributed by atoms with E-state index >= 15 is 0 Å². The van der Waals surface area contributed by atoms with E-state index in [0.717, 1.165) is 30.2 Å². The maximum Gasteiger partial charge on any atom is 0.183 e. The molecule has 0 N–H and O–H groups in total. The molecule has 0 atom stereocenters. The smallest absolute Gasteiger partial charge is 0.183 e. The Morgan fingerprint density at radius 2 is 1.68 bits per heavy atom. The van der Waals surface area contributed by atoms with Gasteiger partial charge in [0, 0.05) is 0 Å². The minimum absolute atomic E-state index is 0.186. The lowest BCUT2D eigenvalue weighted by atomic mass is 9.77. The van der Waals surface area contributed by atoms with Crippen LogP contribution in [0.2, 0.25) is 5.02 Å². The number of rotatable bonds is 8. The second-order valence-electron chi connectivity index (χ2n) is 8.03. The van der Waals surface area contributed by atoms with Gasteiger partial charge in [0.15, 0.2) is 11.6 Å². The zero-order chi connectivity index (χ0) is 19.9. The fourth-order valence-corrected chi connectivity index (χ4v) is 4.71. The molecule has 0 aromatic heterocycles. The Labute approximate surface area is 174 Å². The molecule has 1 nitrogen and oxygen atoms in total. The van der Waals surface area contributed by atoms with E-state index in [2.05, 4.69) is 31.2 Å². The summed E-state index contributed by atoms with van der Waals surface area (Å²) in [6.45, 7) is 4.56. The van der Waals surface area contributed by atoms with Crippen molar-refractivity contribution in [2.75, 3.05) is 6.61 Å². The van der Waals surface area contributed by atoms with Crippen LogP contribution >= 0.6 is 11.6 Å². The van der Waals surface area contributed by atoms with Crippen molar-refractivity contribution in [2.24, 2.45) is 5.92 Å². The van der Waals surface area contributed by atoms with E-state index in [1.807, 2.05) is 13.0 Å². The number of aryl methyl sites for hydroxylation is 2. The first kappa shape index (κ1) is 21.2. The van der Waals surface area contributed by atoms with E-state index in [1.165, 1.54) is 49.7 Å². The molecule has 1 saturated carbocycles. The first-order valence-electron chi connectivity index (χ1n) is 10.8. The van der Waals surface area contributed by atoms with Crippen LogP contribution in [-0.2, 0) is 12.8 Å². The summed E-state index contributed by atoms with van der Waals surface area (Å²) < 4.78 is 19.5. The second-order valence-corrected chi connectivity index (χ2v) is 8.41. The van der Waals surface area contributed by atoms with Gasteiger partial charge in [-0.1, -0.05) is 61.7 Å². The van der Waals surface area contributed by atoms with Gasteiger partial charge in [-0.25, -0.2) is 4.39 Å². The maximum absolute atomic E-state index is 14.3. The fourth-order valence-electron chi connectivity index (χ4n) is 4.46. The zero-order valence-electron chi connectivity index (χ0n) is 17.1. The SMILES string of the molecule is CCCC1CCC(c2ccc(CCc3ccc(OCC)c(F)c3Cl)cc2)CC1. The third kappa shape index (κ3) is 5.29. The number of hydrogen-bond donors (Lipinski definition) is 0. The largest absolute Gasteiger partial charge is 0.491 e. The lowest BCUT2D eigenvalue weighted by Crippen LogP contribution is -2.13. The van der Waals surface area contributed by atoms with Crippen LogP contribution < -0.4 is 4.74 Å². The lowest BCUT2D eigenvalue weighted by molar-refractivity contribution is 0.308. The van der Waals surface area contributed by atoms with Gasteiger partial charge in [0.05, 0.1) is 11.6 Å². The van der Waals surface area contributed by atoms with Crippen LogP contribution in [0.25, 0.3) is 0 Å². The van der Waals surface area contributed by atoms with Gasteiger partial charge in [0.1, 0.15) is 0 Å². The van der Waals surface area contributed by atoms with E-state index in [0.29, 0.717) is 6.61 Å². The Hall–Kier alpha value is -1.54. The molecule has 0 amide bonds. The highest BCUT2D eigenvalue weighted by Gasteiger charge is 2.21. The van der Waals surface area contributed by atoms with Gasteiger partial charge in [-0.3, -0.25) is 0 Å². The lowest BCUT2D eigenvalue weighted by Gasteiger charge is -2.28. The minimum atomic E-state index is -0.449. The van der Waals surface area contributed by atoms with E-state index in [-0.39, 0.29) is 10.8 Å². The molecule has 3 rings (SSSR count). The Balaban J connectivity index is 1.56. The summed E-state index contributed by atoms with van der Waals surface area (Å²) in [6.07, 6.45) is 9.69. The van der Waals surface area contributed by atoms with Gasteiger partial charge in [-0.2, -0.15) is 0 Å². The van der Waals surface area contributed by atoms with Crippen LogP contribution in [0.3, 0.4) is 0 Å². The molecule has 0 bridgehead atoms. The molecule has 1 aliphatic rings. The molecule has 1 aliphatic carbocycles. The van der Waals surface area contributed by atoms with Crippen LogP contribution in [0, 0.1) is 11.7 Å². The molecule has 0 aliphatic heterocycles. The predicted molar refractivity (Wildman–Crippen MR) is 116 cm³/mol. The highest BCUT2D eigenvalue weighted by Crippen LogP contribution is 2.37. The quantitative estimate of drug-likeness (QED) is 0.438. The number of benzene rings is 2. The molecule has 0 saturated heterocycles. The molecule has 0 spiro atoms. The van der Waals surface area contributed by atoms with Crippen LogP contribution in [0.1, 0.15) is 75.0 Å². The Kier molecular flexibility index (Phi) is 7.79. The monoisotopic (exact) mass is 402 g/mol. The van der Waals surface area contributed by atoms with Crippen molar-refractivity contribution in [3.63, 3.8) is 0 Å². The first-order chi connectivity index (χ1) is 13.6. The summed E-state index contributed by atoms with van der Waals surface area (Å²) in [6, 6.07) is 12.6. The third-order valence-electron chi connectivity index (χ3n) is 6.10. The van der Waals surface area contributed by atoms with E-state index in [9.17, 15) is 4.39 Å². The number of ether oxygens (including phenoxy) is 1. The molecule has 0 radical (unpaired) electrons. The number of hydrogen-bond acceptors (Lipinski definition) is 1. The van der Waals surface area contributed by atoms with Crippen molar-refractivity contribution < 1.29 is 9.13 Å². The van der Waals surface area contributed by atoms with Crippen LogP contribution in [0.15, 0.2) is 36.4 Å². The normalized spacial score (nSPS) is 19.6. The van der Waals surface area contributed by atoms with E-state index < -0.39 is 5.82 Å². The molecule has 0 heterocycles. The van der Waals surface area contributed by atoms with E-state index in [1.54, 1.807) is 6.07 Å². The summed E-state index contributed by atoms with van der Waals surface area (Å²) in [7, 11) is 0. The first-order valence-corrected chi connectivity index (χ1v) is 11.2. The van der Waals surface area contributed by atoms with Gasteiger partial charge in [0.2, 0.25) is 0 Å². The van der Waals surface area contributed by atoms with Crippen molar-refractivity contribution in [1.29, 1.82) is 0 Å². The molecular formula is C25H32ClFO. The predicted octanol–water partition coefficient (Wildman–Crippen LogP) is 7.74. The molecule has 28 heavy (non-hydrogen) atoms. The maximum atomic E-state index is 14.3. The van der Waals surface area contributed by atoms with Crippen molar-refractivity contribution in [3.8, 4) is 5.75 Å². The summed E-state index contributed by atoms with van der Waals surface area (Å²) in [4.78, 5) is 0. The van der Waals surface area contributed by atoms with Crippen molar-refractivity contribution in [2.45, 2.75) is 71.1 Å². The third-order valence-corrected chi connectivity index (χ3v) is 6.51. The van der Waals surface area contributed by atoms with Crippen LogP contribution in [0.5, 0.6) is 5.75 Å². The molecular weight excluding hydrogens is 371 g/mol. The van der Waals surface area contributed by atoms with Crippen LogP contribution in [-0.4, -0.2) is 6.61 Å². The Morgan fingerprint density at radius 3 is 2.32 bits per heavy atom. The average molecular weight is 403 g/mol. The molecule has 2 aromatic rings. The van der Waals surface area contributed by atoms with Gasteiger partial charge in [-0.05, 0) is 80.0 Å². The van der Waals surface area contributed by atoms with E-state index in [4.69, 9.17) is 16.3 Å². The Morgan fingerprint density at radius 1 is 0.964 bits per heavy atom. The van der Waals surface area contributed by atoms with Gasteiger partial charge < -0.3 is 4.74 Å². The minimum Gasteiger partial charge on any atom is -0.491 e. The fraction of sp³-hybridized carbons (Fsp3) is 0.520. The standard InChI is InChI=1S/C25H32ClFO/c1-3-5-18-6-11-20(12-7-18)21-13-8-19(9-14-21)10-15-22-16-17-23(28-4-2)25(27)24(22)26/h8-9,13-14,16-18,20H,3-7,10-12,15H2,1-2H3.